The van der Waals surface area contributed by atoms with Gasteiger partial charge < -0.3 is 0 Å². The third-order valence-electron chi connectivity index (χ3n) is 1.82. The van der Waals surface area contributed by atoms with Crippen LogP contribution in [0.1, 0.15) is 19.8 Å². The van der Waals surface area contributed by atoms with Crippen molar-refractivity contribution < 1.29 is 0 Å². The maximum Gasteiger partial charge on any atom is 0.0131 e. The summed E-state index contributed by atoms with van der Waals surface area (Å²) in [6.45, 7) is 4.45. The Morgan fingerprint density at radius 2 is 1.88 bits per heavy atom. The minimum absolute atomic E-state index is 0.898. The van der Waals surface area contributed by atoms with Crippen LogP contribution in [0.4, 0.5) is 0 Å². The van der Waals surface area contributed by atoms with E-state index in [0.717, 1.165) is 19.0 Å². The van der Waals surface area contributed by atoms with Gasteiger partial charge in [0.1, 0.15) is 0 Å². The summed E-state index contributed by atoms with van der Waals surface area (Å²) in [4.78, 5) is 0. The fourth-order valence-electron chi connectivity index (χ4n) is 1.03. The number of nitrogens with two attached hydrogens (primary N) is 1. The van der Waals surface area contributed by atoms with Crippen LogP contribution in [-0.4, -0.2) is 18.1 Å². The Balaban J connectivity index is 2.19. The molecule has 2 heteroatoms. The third kappa shape index (κ3) is 1.46. The molecule has 1 fully saturated rings. The van der Waals surface area contributed by atoms with Gasteiger partial charge in [-0.3, -0.25) is 5.84 Å². The van der Waals surface area contributed by atoms with Crippen LogP contribution in [-0.2, 0) is 0 Å². The second kappa shape index (κ2) is 2.46. The van der Waals surface area contributed by atoms with E-state index in [9.17, 15) is 0 Å². The lowest BCUT2D eigenvalue weighted by Crippen LogP contribution is -2.38. The van der Waals surface area contributed by atoms with E-state index < -0.39 is 0 Å². The van der Waals surface area contributed by atoms with E-state index in [0.29, 0.717) is 0 Å². The molecule has 0 aromatic heterocycles. The predicted octanol–water partition coefficient (Wildman–Crippen LogP) is 0.592. The normalized spacial score (nSPS) is 26.2. The summed E-state index contributed by atoms with van der Waals surface area (Å²) in [5.41, 5.74) is 0. The van der Waals surface area contributed by atoms with Crippen molar-refractivity contribution in [2.45, 2.75) is 19.8 Å². The molecule has 0 saturated carbocycles. The summed E-state index contributed by atoms with van der Waals surface area (Å²) < 4.78 is 0. The highest BCUT2D eigenvalue weighted by Crippen LogP contribution is 2.12. The van der Waals surface area contributed by atoms with Crippen LogP contribution >= 0.6 is 0 Å². The van der Waals surface area contributed by atoms with Gasteiger partial charge in [-0.15, -0.1) is 0 Å². The van der Waals surface area contributed by atoms with Crippen molar-refractivity contribution in [2.24, 2.45) is 11.8 Å². The Bertz CT molecular complexity index is 54.9. The number of hydrazine groups is 1. The summed E-state index contributed by atoms with van der Waals surface area (Å²) in [5, 5.41) is 1.90. The summed E-state index contributed by atoms with van der Waals surface area (Å²) in [6, 6.07) is 0. The van der Waals surface area contributed by atoms with Gasteiger partial charge in [0.05, 0.1) is 0 Å². The molecule has 1 aliphatic rings. The van der Waals surface area contributed by atoms with E-state index in [1.165, 1.54) is 12.8 Å². The Hall–Kier alpha value is -0.0800. The molecule has 48 valence electrons. The lowest BCUT2D eigenvalue weighted by Gasteiger charge is -2.25. The molecule has 0 spiro atoms. The molecule has 0 aromatic carbocycles. The zero-order valence-electron chi connectivity index (χ0n) is 5.43. The third-order valence-corrected chi connectivity index (χ3v) is 1.82. The number of hydrogen-bond donors (Lipinski definition) is 1. The lowest BCUT2D eigenvalue weighted by atomic mass is 10.0. The van der Waals surface area contributed by atoms with Crippen molar-refractivity contribution >= 4 is 0 Å². The molecule has 2 nitrogen and oxygen atoms in total. The number of piperidine rings is 1. The minimum Gasteiger partial charge on any atom is -0.269 e. The van der Waals surface area contributed by atoms with Gasteiger partial charge in [-0.2, -0.15) is 0 Å². The SMILES string of the molecule is CC1CCN(N)CC1. The van der Waals surface area contributed by atoms with Crippen LogP contribution in [0.5, 0.6) is 0 Å². The average molecular weight is 114 g/mol. The van der Waals surface area contributed by atoms with Crippen LogP contribution < -0.4 is 5.84 Å². The second-order valence-electron chi connectivity index (χ2n) is 2.72. The van der Waals surface area contributed by atoms with Crippen LogP contribution in [0.3, 0.4) is 0 Å². The van der Waals surface area contributed by atoms with Gasteiger partial charge in [-0.05, 0) is 18.8 Å². The first-order chi connectivity index (χ1) is 3.79. The molecule has 8 heavy (non-hydrogen) atoms. The molecule has 0 unspecified atom stereocenters. The Morgan fingerprint density at radius 3 is 2.25 bits per heavy atom. The highest BCUT2D eigenvalue weighted by Gasteiger charge is 2.11. The Labute approximate surface area is 50.6 Å². The molecule has 0 atom stereocenters. The fourth-order valence-corrected chi connectivity index (χ4v) is 1.03. The van der Waals surface area contributed by atoms with Crippen LogP contribution in [0.2, 0.25) is 0 Å². The molecule has 1 heterocycles. The molecular formula is C6H14N2. The molecule has 0 amide bonds. The van der Waals surface area contributed by atoms with Gasteiger partial charge in [-0.1, -0.05) is 6.92 Å². The van der Waals surface area contributed by atoms with E-state index in [1.54, 1.807) is 0 Å². The highest BCUT2D eigenvalue weighted by atomic mass is 15.4. The van der Waals surface area contributed by atoms with Gasteiger partial charge in [0, 0.05) is 13.1 Å². The van der Waals surface area contributed by atoms with Crippen molar-refractivity contribution in [2.75, 3.05) is 13.1 Å². The number of hydrogen-bond acceptors (Lipinski definition) is 2. The van der Waals surface area contributed by atoms with Crippen LogP contribution in [0.25, 0.3) is 0 Å². The minimum atomic E-state index is 0.898. The highest BCUT2D eigenvalue weighted by molar-refractivity contribution is 4.63. The first-order valence-electron chi connectivity index (χ1n) is 3.28. The lowest BCUT2D eigenvalue weighted by molar-refractivity contribution is 0.196. The van der Waals surface area contributed by atoms with Crippen LogP contribution in [0.15, 0.2) is 0 Å². The van der Waals surface area contributed by atoms with E-state index in [1.807, 2.05) is 5.01 Å². The van der Waals surface area contributed by atoms with Crippen molar-refractivity contribution in [1.29, 1.82) is 0 Å². The quantitative estimate of drug-likeness (QED) is 0.467. The zero-order valence-corrected chi connectivity index (χ0v) is 5.43. The number of nitrogens with zero attached hydrogens (tertiary/aromatic N) is 1. The smallest absolute Gasteiger partial charge is 0.0131 e. The number of rotatable bonds is 0. The first-order valence-corrected chi connectivity index (χ1v) is 3.28. The fraction of sp³-hybridized carbons (Fsp3) is 1.00. The molecule has 2 N–H and O–H groups in total. The Morgan fingerprint density at radius 1 is 1.38 bits per heavy atom. The van der Waals surface area contributed by atoms with Crippen LogP contribution in [0, 0.1) is 5.92 Å². The molecule has 0 aliphatic carbocycles. The van der Waals surface area contributed by atoms with Crippen molar-refractivity contribution in [3.63, 3.8) is 0 Å². The molecule has 0 aromatic rings. The maximum atomic E-state index is 5.53. The standard InChI is InChI=1S/C6H14N2/c1-6-2-4-8(7)5-3-6/h6H,2-5,7H2,1H3. The molecule has 1 saturated heterocycles. The van der Waals surface area contributed by atoms with Gasteiger partial charge in [0.25, 0.3) is 0 Å². The molecule has 1 aliphatic heterocycles. The van der Waals surface area contributed by atoms with Gasteiger partial charge in [0.15, 0.2) is 0 Å². The first kappa shape index (κ1) is 6.05. The molecule has 1 rings (SSSR count). The van der Waals surface area contributed by atoms with Crippen molar-refractivity contribution in [3.8, 4) is 0 Å². The van der Waals surface area contributed by atoms with Gasteiger partial charge in [0.2, 0.25) is 0 Å². The van der Waals surface area contributed by atoms with Gasteiger partial charge >= 0.3 is 0 Å². The van der Waals surface area contributed by atoms with E-state index in [4.69, 9.17) is 5.84 Å². The van der Waals surface area contributed by atoms with E-state index in [2.05, 4.69) is 6.92 Å². The van der Waals surface area contributed by atoms with Gasteiger partial charge in [-0.25, -0.2) is 5.01 Å². The topological polar surface area (TPSA) is 29.3 Å². The summed E-state index contributed by atoms with van der Waals surface area (Å²) in [6.07, 6.45) is 2.55. The zero-order chi connectivity index (χ0) is 5.98. The summed E-state index contributed by atoms with van der Waals surface area (Å²) in [7, 11) is 0. The molecular weight excluding hydrogens is 100 g/mol. The largest absolute Gasteiger partial charge is 0.269 e. The molecule has 0 radical (unpaired) electrons. The van der Waals surface area contributed by atoms with E-state index in [-0.39, 0.29) is 0 Å². The van der Waals surface area contributed by atoms with Crippen molar-refractivity contribution in [3.05, 3.63) is 0 Å². The average Bonchev–Trinajstić information content (AvgIpc) is 1.77. The Kier molecular flexibility index (Phi) is 1.86. The molecule has 0 bridgehead atoms. The predicted molar refractivity (Wildman–Crippen MR) is 34.2 cm³/mol. The monoisotopic (exact) mass is 114 g/mol. The van der Waals surface area contributed by atoms with E-state index >= 15 is 0 Å². The maximum absolute atomic E-state index is 5.53. The summed E-state index contributed by atoms with van der Waals surface area (Å²) in [5.74, 6) is 6.43. The van der Waals surface area contributed by atoms with Crippen molar-refractivity contribution in [1.82, 2.24) is 5.01 Å². The summed E-state index contributed by atoms with van der Waals surface area (Å²) >= 11 is 0. The second-order valence-corrected chi connectivity index (χ2v) is 2.72.